The van der Waals surface area contributed by atoms with Crippen LogP contribution in [0.1, 0.15) is 17.3 Å². The molecule has 0 unspecified atom stereocenters. The molecule has 3 aromatic carbocycles. The van der Waals surface area contributed by atoms with E-state index in [1.165, 1.54) is 22.3 Å². The molecule has 0 radical (unpaired) electrons. The van der Waals surface area contributed by atoms with Gasteiger partial charge in [-0.15, -0.1) is 0 Å². The highest BCUT2D eigenvalue weighted by Gasteiger charge is 2.30. The fraction of sp³-hybridized carbons (Fsp3) is 0.143. The lowest BCUT2D eigenvalue weighted by Crippen LogP contribution is -2.20. The third-order valence-corrected chi connectivity index (χ3v) is 7.52. The molecule has 4 aromatic rings. The molecule has 0 saturated heterocycles. The van der Waals surface area contributed by atoms with Gasteiger partial charge in [-0.1, -0.05) is 23.5 Å². The van der Waals surface area contributed by atoms with Crippen molar-refractivity contribution in [3.05, 3.63) is 54.1 Å². The van der Waals surface area contributed by atoms with Crippen LogP contribution in [-0.2, 0) is 10.0 Å². The number of nitrogens with one attached hydrogen (secondary N) is 1. The van der Waals surface area contributed by atoms with Gasteiger partial charge in [0.2, 0.25) is 0 Å². The Morgan fingerprint density at radius 2 is 2.00 bits per heavy atom. The second-order valence-corrected chi connectivity index (χ2v) is 9.54. The molecular weight excluding hydrogens is 422 g/mol. The smallest absolute Gasteiger partial charge is 0.264 e. The molecule has 1 aliphatic rings. The summed E-state index contributed by atoms with van der Waals surface area (Å²) in [5.74, 6) is 0.568. The van der Waals surface area contributed by atoms with Crippen LogP contribution in [0.15, 0.2) is 53.4 Å². The maximum absolute atomic E-state index is 13.2. The van der Waals surface area contributed by atoms with Gasteiger partial charge in [-0.3, -0.25) is 9.52 Å². The summed E-state index contributed by atoms with van der Waals surface area (Å²) in [6.07, 6.45) is 0. The summed E-state index contributed by atoms with van der Waals surface area (Å²) in [7, 11) is -2.23. The summed E-state index contributed by atoms with van der Waals surface area (Å²) in [6.45, 7) is 2.45. The number of amides is 1. The van der Waals surface area contributed by atoms with Crippen LogP contribution in [0.3, 0.4) is 0 Å². The van der Waals surface area contributed by atoms with Crippen molar-refractivity contribution in [1.82, 2.24) is 4.98 Å². The van der Waals surface area contributed by atoms with E-state index < -0.39 is 10.0 Å². The van der Waals surface area contributed by atoms with Gasteiger partial charge in [0.05, 0.1) is 27.4 Å². The molecular formula is C21H17N3O4S2. The number of fused-ring (bicyclic) bond motifs is 1. The number of ether oxygens (including phenoxy) is 1. The predicted molar refractivity (Wildman–Crippen MR) is 118 cm³/mol. The Morgan fingerprint density at radius 3 is 2.80 bits per heavy atom. The van der Waals surface area contributed by atoms with E-state index in [2.05, 4.69) is 9.71 Å². The van der Waals surface area contributed by atoms with Crippen molar-refractivity contribution >= 4 is 59.1 Å². The van der Waals surface area contributed by atoms with Gasteiger partial charge in [0, 0.05) is 23.4 Å². The first-order valence-electron chi connectivity index (χ1n) is 9.29. The zero-order valence-corrected chi connectivity index (χ0v) is 17.8. The average molecular weight is 440 g/mol. The SMILES string of the molecule is CCOc1ccc2nc(NS(=O)(=O)c3ccc4c5c(cccc35)C(=O)N4C)sc2c1. The predicted octanol–water partition coefficient (Wildman–Crippen LogP) is 4.24. The number of aromatic nitrogens is 1. The first-order valence-corrected chi connectivity index (χ1v) is 11.6. The zero-order valence-electron chi connectivity index (χ0n) is 16.2. The van der Waals surface area contributed by atoms with E-state index in [-0.39, 0.29) is 15.9 Å². The van der Waals surface area contributed by atoms with Crippen LogP contribution in [0.25, 0.3) is 21.0 Å². The second kappa shape index (κ2) is 6.68. The first-order chi connectivity index (χ1) is 14.4. The third-order valence-electron chi connectivity index (χ3n) is 5.06. The summed E-state index contributed by atoms with van der Waals surface area (Å²) < 4.78 is 35.3. The van der Waals surface area contributed by atoms with Crippen molar-refractivity contribution in [2.45, 2.75) is 11.8 Å². The summed E-state index contributed by atoms with van der Waals surface area (Å²) in [4.78, 5) is 18.5. The summed E-state index contributed by atoms with van der Waals surface area (Å²) in [5.41, 5.74) is 1.90. The molecule has 7 nitrogen and oxygen atoms in total. The topological polar surface area (TPSA) is 88.6 Å². The number of nitrogens with zero attached hydrogens (tertiary/aromatic N) is 2. The number of hydrogen-bond acceptors (Lipinski definition) is 6. The van der Waals surface area contributed by atoms with Gasteiger partial charge in [0.1, 0.15) is 5.75 Å². The van der Waals surface area contributed by atoms with Crippen molar-refractivity contribution in [2.24, 2.45) is 0 Å². The lowest BCUT2D eigenvalue weighted by atomic mass is 10.1. The Bertz CT molecular complexity index is 1440. The summed E-state index contributed by atoms with van der Waals surface area (Å²) >= 11 is 1.24. The number of sulfonamides is 1. The lowest BCUT2D eigenvalue weighted by Gasteiger charge is -2.12. The van der Waals surface area contributed by atoms with Gasteiger partial charge in [0.25, 0.3) is 15.9 Å². The maximum atomic E-state index is 13.2. The minimum Gasteiger partial charge on any atom is -0.494 e. The highest BCUT2D eigenvalue weighted by atomic mass is 32.2. The van der Waals surface area contributed by atoms with Crippen LogP contribution in [0.4, 0.5) is 10.8 Å². The first kappa shape index (κ1) is 18.8. The molecule has 1 aromatic heterocycles. The molecule has 9 heteroatoms. The molecule has 30 heavy (non-hydrogen) atoms. The number of anilines is 2. The van der Waals surface area contributed by atoms with E-state index in [0.717, 1.165) is 4.70 Å². The van der Waals surface area contributed by atoms with Crippen molar-refractivity contribution in [1.29, 1.82) is 0 Å². The zero-order chi connectivity index (χ0) is 21.0. The molecule has 152 valence electrons. The highest BCUT2D eigenvalue weighted by Crippen LogP contribution is 2.40. The van der Waals surface area contributed by atoms with E-state index in [1.54, 1.807) is 43.4 Å². The van der Waals surface area contributed by atoms with Gasteiger partial charge in [-0.2, -0.15) is 0 Å². The van der Waals surface area contributed by atoms with E-state index in [9.17, 15) is 13.2 Å². The average Bonchev–Trinajstić information content (AvgIpc) is 3.22. The molecule has 1 amide bonds. The van der Waals surface area contributed by atoms with Gasteiger partial charge in [-0.05, 0) is 43.3 Å². The Morgan fingerprint density at radius 1 is 1.17 bits per heavy atom. The van der Waals surface area contributed by atoms with Crippen LogP contribution in [0.2, 0.25) is 0 Å². The number of hydrogen-bond donors (Lipinski definition) is 1. The molecule has 0 bridgehead atoms. The van der Waals surface area contributed by atoms with Gasteiger partial charge in [-0.25, -0.2) is 13.4 Å². The van der Waals surface area contributed by atoms with Crippen molar-refractivity contribution < 1.29 is 17.9 Å². The van der Waals surface area contributed by atoms with Crippen LogP contribution in [0.5, 0.6) is 5.75 Å². The highest BCUT2D eigenvalue weighted by molar-refractivity contribution is 7.93. The molecule has 0 saturated carbocycles. The van der Waals surface area contributed by atoms with E-state index >= 15 is 0 Å². The molecule has 5 rings (SSSR count). The Labute approximate surface area is 177 Å². The van der Waals surface area contributed by atoms with E-state index in [0.29, 0.717) is 39.9 Å². The van der Waals surface area contributed by atoms with Crippen molar-refractivity contribution in [3.8, 4) is 5.75 Å². The standard InChI is InChI=1S/C21H17N3O4S2/c1-3-28-12-7-8-15-17(11-12)29-21(22-15)23-30(26,27)18-10-9-16-19-13(18)5-4-6-14(19)20(25)24(16)2/h4-11H,3H2,1-2H3,(H,22,23). The number of rotatable bonds is 5. The molecule has 1 N–H and O–H groups in total. The largest absolute Gasteiger partial charge is 0.494 e. The summed E-state index contributed by atoms with van der Waals surface area (Å²) in [6, 6.07) is 13.8. The molecule has 0 aliphatic carbocycles. The van der Waals surface area contributed by atoms with Gasteiger partial charge >= 0.3 is 0 Å². The van der Waals surface area contributed by atoms with Crippen LogP contribution >= 0.6 is 11.3 Å². The van der Waals surface area contributed by atoms with Gasteiger partial charge in [0.15, 0.2) is 5.13 Å². The Kier molecular flexibility index (Phi) is 4.19. The van der Waals surface area contributed by atoms with Crippen LogP contribution in [-0.4, -0.2) is 33.0 Å². The fourth-order valence-corrected chi connectivity index (χ4v) is 6.05. The third kappa shape index (κ3) is 2.81. The molecule has 0 atom stereocenters. The number of benzene rings is 3. The Hall–Kier alpha value is -3.17. The molecule has 1 aliphatic heterocycles. The van der Waals surface area contributed by atoms with Crippen molar-refractivity contribution in [2.75, 3.05) is 23.3 Å². The fourth-order valence-electron chi connectivity index (χ4n) is 3.72. The van der Waals surface area contributed by atoms with Crippen LogP contribution in [0, 0.1) is 0 Å². The quantitative estimate of drug-likeness (QED) is 0.502. The maximum Gasteiger partial charge on any atom is 0.264 e. The van der Waals surface area contributed by atoms with E-state index in [4.69, 9.17) is 4.74 Å². The van der Waals surface area contributed by atoms with E-state index in [1.807, 2.05) is 13.0 Å². The summed E-state index contributed by atoms with van der Waals surface area (Å²) in [5, 5.41) is 1.43. The van der Waals surface area contributed by atoms with Gasteiger partial charge < -0.3 is 9.64 Å². The molecule has 0 fully saturated rings. The lowest BCUT2D eigenvalue weighted by molar-refractivity contribution is 0.0999. The normalized spacial score (nSPS) is 13.4. The number of carbonyl (C=O) groups excluding carboxylic acids is 1. The minimum atomic E-state index is -3.91. The van der Waals surface area contributed by atoms with Crippen molar-refractivity contribution in [3.63, 3.8) is 0 Å². The van der Waals surface area contributed by atoms with Crippen LogP contribution < -0.4 is 14.4 Å². The second-order valence-electron chi connectivity index (χ2n) is 6.86. The Balaban J connectivity index is 1.58. The number of carbonyl (C=O) groups is 1. The monoisotopic (exact) mass is 439 g/mol. The number of thiazole rings is 1. The minimum absolute atomic E-state index is 0.112. The molecule has 2 heterocycles. The molecule has 0 spiro atoms.